The van der Waals surface area contributed by atoms with Crippen LogP contribution >= 0.6 is 22.7 Å². The minimum Gasteiger partial charge on any atom is -0.368 e. The fourth-order valence-corrected chi connectivity index (χ4v) is 6.93. The molecule has 1 atom stereocenters. The number of pyridine rings is 1. The van der Waals surface area contributed by atoms with Gasteiger partial charge in [-0.15, -0.1) is 22.7 Å². The van der Waals surface area contributed by atoms with Crippen molar-refractivity contribution in [1.29, 1.82) is 0 Å². The summed E-state index contributed by atoms with van der Waals surface area (Å²) in [6.45, 7) is 0.663. The van der Waals surface area contributed by atoms with Gasteiger partial charge in [0.2, 0.25) is 0 Å². The highest BCUT2D eigenvalue weighted by atomic mass is 32.1. The Morgan fingerprint density at radius 3 is 2.79 bits per heavy atom. The molecule has 0 radical (unpaired) electrons. The van der Waals surface area contributed by atoms with Gasteiger partial charge >= 0.3 is 0 Å². The number of thiophene rings is 2. The normalized spacial score (nSPS) is 14.5. The highest BCUT2D eigenvalue weighted by molar-refractivity contribution is 7.19. The highest BCUT2D eigenvalue weighted by Gasteiger charge is 2.22. The van der Waals surface area contributed by atoms with Gasteiger partial charge in [0.25, 0.3) is 0 Å². The topological polar surface area (TPSA) is 76.7 Å². The summed E-state index contributed by atoms with van der Waals surface area (Å²) in [7, 11) is 0. The summed E-state index contributed by atoms with van der Waals surface area (Å²) in [4.78, 5) is 16.6. The molecule has 5 aromatic rings. The summed E-state index contributed by atoms with van der Waals surface area (Å²) >= 11 is 3.61. The van der Waals surface area contributed by atoms with Crippen LogP contribution in [0.5, 0.6) is 0 Å². The molecule has 0 saturated carbocycles. The van der Waals surface area contributed by atoms with Crippen LogP contribution in [0.3, 0.4) is 0 Å². The molecule has 0 fully saturated rings. The van der Waals surface area contributed by atoms with E-state index in [4.69, 9.17) is 15.7 Å². The lowest BCUT2D eigenvalue weighted by molar-refractivity contribution is 0.697. The Bertz CT molecular complexity index is 1420. The Labute approximate surface area is 200 Å². The first kappa shape index (κ1) is 20.7. The molecule has 3 N–H and O–H groups in total. The SMILES string of the molecule is N[C@@H](CNc1nc(-c2ccncc2)nc2sc3c(c12)CCCC3)Cc1csc2ccccc12. The molecule has 7 heteroatoms. The zero-order chi connectivity index (χ0) is 22.2. The van der Waals surface area contributed by atoms with E-state index in [9.17, 15) is 0 Å². The second-order valence-corrected chi connectivity index (χ2v) is 10.6. The minimum absolute atomic E-state index is 0.00754. The quantitative estimate of drug-likeness (QED) is 0.326. The van der Waals surface area contributed by atoms with Gasteiger partial charge in [-0.05, 0) is 72.2 Å². The molecular weight excluding hydrogens is 446 g/mol. The van der Waals surface area contributed by atoms with E-state index in [1.54, 1.807) is 23.7 Å². The van der Waals surface area contributed by atoms with Crippen LogP contribution < -0.4 is 11.1 Å². The Morgan fingerprint density at radius 2 is 1.88 bits per heavy atom. The van der Waals surface area contributed by atoms with E-state index in [0.29, 0.717) is 6.54 Å². The molecule has 1 aromatic carbocycles. The monoisotopic (exact) mass is 471 g/mol. The number of anilines is 1. The van der Waals surface area contributed by atoms with Crippen molar-refractivity contribution in [3.63, 3.8) is 0 Å². The number of nitrogens with one attached hydrogen (secondary N) is 1. The molecule has 0 unspecified atom stereocenters. The summed E-state index contributed by atoms with van der Waals surface area (Å²) in [5.74, 6) is 1.65. The first-order valence-corrected chi connectivity index (χ1v) is 13.1. The minimum atomic E-state index is -0.00754. The van der Waals surface area contributed by atoms with E-state index in [0.717, 1.165) is 41.3 Å². The van der Waals surface area contributed by atoms with E-state index in [-0.39, 0.29) is 6.04 Å². The highest BCUT2D eigenvalue weighted by Crippen LogP contribution is 2.39. The lowest BCUT2D eigenvalue weighted by Gasteiger charge is -2.16. The van der Waals surface area contributed by atoms with E-state index in [1.807, 2.05) is 23.5 Å². The van der Waals surface area contributed by atoms with Gasteiger partial charge in [-0.1, -0.05) is 18.2 Å². The van der Waals surface area contributed by atoms with E-state index in [2.05, 4.69) is 39.9 Å². The van der Waals surface area contributed by atoms with Crippen molar-refractivity contribution in [2.75, 3.05) is 11.9 Å². The zero-order valence-electron chi connectivity index (χ0n) is 18.3. The molecule has 0 amide bonds. The van der Waals surface area contributed by atoms with Gasteiger partial charge in [-0.25, -0.2) is 9.97 Å². The molecule has 0 aliphatic heterocycles. The third-order valence-corrected chi connectivity index (χ3v) is 8.53. The standard InChI is InChI=1S/C26H25N5S2/c27-18(13-17-15-32-21-7-3-1-5-19(17)21)14-29-25-23-20-6-2-4-8-22(20)33-26(23)31-24(30-25)16-9-11-28-12-10-16/h1,3,5,7,9-12,15,18H,2,4,6,8,13-14,27H2,(H,29,30,31)/t18-/m1/s1. The molecule has 0 bridgehead atoms. The van der Waals surface area contributed by atoms with Gasteiger partial charge < -0.3 is 11.1 Å². The number of benzene rings is 1. The summed E-state index contributed by atoms with van der Waals surface area (Å²) in [6.07, 6.45) is 9.15. The van der Waals surface area contributed by atoms with Crippen LogP contribution in [0.4, 0.5) is 5.82 Å². The summed E-state index contributed by atoms with van der Waals surface area (Å²) in [5, 5.41) is 8.36. The molecular formula is C26H25N5S2. The van der Waals surface area contributed by atoms with E-state index >= 15 is 0 Å². The van der Waals surface area contributed by atoms with Crippen LogP contribution in [0.2, 0.25) is 0 Å². The number of nitrogens with zero attached hydrogens (tertiary/aromatic N) is 3. The average Bonchev–Trinajstić information content (AvgIpc) is 3.44. The molecule has 5 nitrogen and oxygen atoms in total. The summed E-state index contributed by atoms with van der Waals surface area (Å²) < 4.78 is 1.32. The number of aromatic nitrogens is 3. The first-order chi connectivity index (χ1) is 16.3. The fourth-order valence-electron chi connectivity index (χ4n) is 4.69. The van der Waals surface area contributed by atoms with Crippen molar-refractivity contribution in [2.45, 2.75) is 38.1 Å². The lowest BCUT2D eigenvalue weighted by Crippen LogP contribution is -2.31. The van der Waals surface area contributed by atoms with Crippen LogP contribution in [0, 0.1) is 0 Å². The molecule has 33 heavy (non-hydrogen) atoms. The second-order valence-electron chi connectivity index (χ2n) is 8.62. The molecule has 0 spiro atoms. The van der Waals surface area contributed by atoms with Crippen LogP contribution in [-0.4, -0.2) is 27.5 Å². The lowest BCUT2D eigenvalue weighted by atomic mass is 9.97. The summed E-state index contributed by atoms with van der Waals surface area (Å²) in [5.41, 5.74) is 10.3. The van der Waals surface area contributed by atoms with Gasteiger partial charge in [-0.3, -0.25) is 4.98 Å². The van der Waals surface area contributed by atoms with Crippen molar-refractivity contribution in [1.82, 2.24) is 15.0 Å². The van der Waals surface area contributed by atoms with Crippen molar-refractivity contribution < 1.29 is 0 Å². The Kier molecular flexibility index (Phi) is 5.54. The van der Waals surface area contributed by atoms with Crippen LogP contribution in [0.15, 0.2) is 54.2 Å². The van der Waals surface area contributed by atoms with Gasteiger partial charge in [0.15, 0.2) is 5.82 Å². The van der Waals surface area contributed by atoms with Crippen LogP contribution in [0.25, 0.3) is 31.7 Å². The predicted molar refractivity (Wildman–Crippen MR) is 139 cm³/mol. The Morgan fingerprint density at radius 1 is 1.03 bits per heavy atom. The zero-order valence-corrected chi connectivity index (χ0v) is 19.9. The summed E-state index contributed by atoms with van der Waals surface area (Å²) in [6, 6.07) is 12.5. The van der Waals surface area contributed by atoms with Crippen LogP contribution in [-0.2, 0) is 19.3 Å². The fraction of sp³-hybridized carbons (Fsp3) is 0.269. The van der Waals surface area contributed by atoms with Gasteiger partial charge in [-0.2, -0.15) is 0 Å². The first-order valence-electron chi connectivity index (χ1n) is 11.4. The van der Waals surface area contributed by atoms with Crippen molar-refractivity contribution >= 4 is 48.8 Å². The maximum atomic E-state index is 6.60. The van der Waals surface area contributed by atoms with Crippen molar-refractivity contribution in [3.8, 4) is 11.4 Å². The smallest absolute Gasteiger partial charge is 0.163 e. The van der Waals surface area contributed by atoms with E-state index in [1.165, 1.54) is 44.3 Å². The average molecular weight is 472 g/mol. The number of fused-ring (bicyclic) bond motifs is 4. The number of rotatable bonds is 6. The van der Waals surface area contributed by atoms with Crippen molar-refractivity contribution in [3.05, 3.63) is 70.2 Å². The molecule has 4 aromatic heterocycles. The molecule has 6 rings (SSSR count). The second kappa shape index (κ2) is 8.82. The van der Waals surface area contributed by atoms with Gasteiger partial charge in [0, 0.05) is 40.1 Å². The third kappa shape index (κ3) is 4.01. The Balaban J connectivity index is 1.31. The number of hydrogen-bond acceptors (Lipinski definition) is 7. The number of hydrogen-bond donors (Lipinski definition) is 2. The largest absolute Gasteiger partial charge is 0.368 e. The number of nitrogens with two attached hydrogens (primary N) is 1. The molecule has 166 valence electrons. The molecule has 1 aliphatic carbocycles. The van der Waals surface area contributed by atoms with Crippen molar-refractivity contribution in [2.24, 2.45) is 5.73 Å². The maximum absolute atomic E-state index is 6.60. The molecule has 0 saturated heterocycles. The predicted octanol–water partition coefficient (Wildman–Crippen LogP) is 5.83. The molecule has 4 heterocycles. The number of aryl methyl sites for hydroxylation is 2. The maximum Gasteiger partial charge on any atom is 0.163 e. The third-order valence-electron chi connectivity index (χ3n) is 6.33. The molecule has 1 aliphatic rings. The van der Waals surface area contributed by atoms with E-state index < -0.39 is 0 Å². The van der Waals surface area contributed by atoms with Gasteiger partial charge in [0.1, 0.15) is 10.6 Å². The Hall–Kier alpha value is -2.87. The van der Waals surface area contributed by atoms with Crippen LogP contribution in [0.1, 0.15) is 28.8 Å². The van der Waals surface area contributed by atoms with Gasteiger partial charge in [0.05, 0.1) is 5.39 Å².